The molecule has 146 valence electrons. The quantitative estimate of drug-likeness (QED) is 0.516. The minimum Gasteiger partial charge on any atom is -0.496 e. The molecule has 0 aromatic heterocycles. The van der Waals surface area contributed by atoms with Crippen molar-refractivity contribution in [2.45, 2.75) is 19.4 Å². The highest BCUT2D eigenvalue weighted by Gasteiger charge is 2.26. The number of methoxy groups -OCH3 is 1. The van der Waals surface area contributed by atoms with Crippen LogP contribution in [0.2, 0.25) is 0 Å². The van der Waals surface area contributed by atoms with Crippen molar-refractivity contribution < 1.29 is 32.0 Å². The predicted octanol–water partition coefficient (Wildman–Crippen LogP) is 1.79. The highest BCUT2D eigenvalue weighted by atomic mass is 32.2. The molecular formula is C18H21NO7S. The van der Waals surface area contributed by atoms with Crippen LogP contribution in [0.1, 0.15) is 23.7 Å². The van der Waals surface area contributed by atoms with Gasteiger partial charge in [-0.15, -0.1) is 0 Å². The summed E-state index contributed by atoms with van der Waals surface area (Å²) in [4.78, 5) is 25.0. The molecule has 0 heterocycles. The first-order valence-electron chi connectivity index (χ1n) is 8.25. The Bertz CT molecular complexity index is 940. The molecule has 9 heteroatoms. The molecule has 0 fully saturated rings. The van der Waals surface area contributed by atoms with Gasteiger partial charge >= 0.3 is 5.97 Å². The van der Waals surface area contributed by atoms with Crippen LogP contribution in [0.15, 0.2) is 36.4 Å². The second kappa shape index (κ2) is 8.83. The number of carbonyl (C=O) groups excluding carboxylic acids is 2. The van der Waals surface area contributed by atoms with Gasteiger partial charge < -0.3 is 14.8 Å². The number of hydrogen-bond acceptors (Lipinski definition) is 6. The molecule has 0 unspecified atom stereocenters. The van der Waals surface area contributed by atoms with Crippen LogP contribution in [0.4, 0.5) is 0 Å². The van der Waals surface area contributed by atoms with Crippen molar-refractivity contribution in [2.75, 3.05) is 19.5 Å². The van der Waals surface area contributed by atoms with E-state index in [2.05, 4.69) is 5.32 Å². The molecule has 1 atom stereocenters. The molecule has 2 N–H and O–H groups in total. The van der Waals surface area contributed by atoms with Crippen molar-refractivity contribution in [3.05, 3.63) is 42.0 Å². The molecule has 8 nitrogen and oxygen atoms in total. The molecule has 0 aliphatic carbocycles. The van der Waals surface area contributed by atoms with Crippen molar-refractivity contribution in [1.82, 2.24) is 5.32 Å². The van der Waals surface area contributed by atoms with Crippen LogP contribution in [0, 0.1) is 0 Å². The van der Waals surface area contributed by atoms with E-state index in [1.807, 2.05) is 12.1 Å². The normalized spacial score (nSPS) is 12.4. The van der Waals surface area contributed by atoms with Crippen LogP contribution in [0.5, 0.6) is 5.75 Å². The number of hydrogen-bond donors (Lipinski definition) is 2. The van der Waals surface area contributed by atoms with E-state index in [1.54, 1.807) is 31.2 Å². The van der Waals surface area contributed by atoms with Crippen LogP contribution >= 0.6 is 0 Å². The van der Waals surface area contributed by atoms with Gasteiger partial charge in [0.15, 0.2) is 0 Å². The Hall–Kier alpha value is -2.65. The molecule has 2 aromatic rings. The molecule has 0 spiro atoms. The SMILES string of the molecule is CCOC(=O)[C@H](CCS(=O)(=O)O)NC(=O)c1c(OC)ccc2ccccc12. The summed E-state index contributed by atoms with van der Waals surface area (Å²) in [7, 11) is -2.88. The van der Waals surface area contributed by atoms with E-state index in [-0.39, 0.29) is 18.6 Å². The number of esters is 1. The smallest absolute Gasteiger partial charge is 0.328 e. The molecule has 0 aliphatic rings. The monoisotopic (exact) mass is 395 g/mol. The van der Waals surface area contributed by atoms with Gasteiger partial charge in [0, 0.05) is 0 Å². The third-order valence-corrected chi connectivity index (χ3v) is 4.63. The minimum absolute atomic E-state index is 0.0642. The zero-order valence-electron chi connectivity index (χ0n) is 15.0. The van der Waals surface area contributed by atoms with E-state index in [4.69, 9.17) is 14.0 Å². The Kier molecular flexibility index (Phi) is 6.75. The van der Waals surface area contributed by atoms with E-state index in [0.29, 0.717) is 11.1 Å². The van der Waals surface area contributed by atoms with Gasteiger partial charge in [-0.05, 0) is 30.2 Å². The molecular weight excluding hydrogens is 374 g/mol. The van der Waals surface area contributed by atoms with Crippen molar-refractivity contribution in [3.8, 4) is 5.75 Å². The van der Waals surface area contributed by atoms with Gasteiger partial charge in [0.25, 0.3) is 16.0 Å². The van der Waals surface area contributed by atoms with Crippen molar-refractivity contribution in [2.24, 2.45) is 0 Å². The third kappa shape index (κ3) is 5.41. The van der Waals surface area contributed by atoms with Gasteiger partial charge in [0.2, 0.25) is 0 Å². The number of ether oxygens (including phenoxy) is 2. The Morgan fingerprint density at radius 3 is 2.52 bits per heavy atom. The number of benzene rings is 2. The Balaban J connectivity index is 2.36. The van der Waals surface area contributed by atoms with E-state index >= 15 is 0 Å². The second-order valence-electron chi connectivity index (χ2n) is 5.72. The van der Waals surface area contributed by atoms with Crippen molar-refractivity contribution in [3.63, 3.8) is 0 Å². The number of nitrogens with one attached hydrogen (secondary N) is 1. The summed E-state index contributed by atoms with van der Waals surface area (Å²) >= 11 is 0. The lowest BCUT2D eigenvalue weighted by atomic mass is 10.0. The van der Waals surface area contributed by atoms with Crippen LogP contribution in [-0.2, 0) is 19.6 Å². The summed E-state index contributed by atoms with van der Waals surface area (Å²) in [6.07, 6.45) is -0.323. The first-order chi connectivity index (χ1) is 12.8. The number of carbonyl (C=O) groups is 2. The maximum absolute atomic E-state index is 12.9. The van der Waals surface area contributed by atoms with Gasteiger partial charge in [-0.1, -0.05) is 30.3 Å². The molecule has 2 rings (SSSR count). The maximum Gasteiger partial charge on any atom is 0.328 e. The molecule has 0 aliphatic heterocycles. The lowest BCUT2D eigenvalue weighted by molar-refractivity contribution is -0.145. The predicted molar refractivity (Wildman–Crippen MR) is 99.4 cm³/mol. The summed E-state index contributed by atoms with van der Waals surface area (Å²) in [5.41, 5.74) is 0.219. The standard InChI is InChI=1S/C18H21NO7S/c1-3-26-18(21)14(10-11-27(22,23)24)19-17(20)16-13-7-5-4-6-12(13)8-9-15(16)25-2/h4-9,14H,3,10-11H2,1-2H3,(H,19,20)(H,22,23,24)/t14-/m0/s1. The van der Waals surface area contributed by atoms with Gasteiger partial charge in [0.05, 0.1) is 25.0 Å². The third-order valence-electron chi connectivity index (χ3n) is 3.88. The minimum atomic E-state index is -4.30. The maximum atomic E-state index is 12.9. The highest BCUT2D eigenvalue weighted by Crippen LogP contribution is 2.28. The zero-order chi connectivity index (χ0) is 20.0. The summed E-state index contributed by atoms with van der Waals surface area (Å²) in [5, 5.41) is 3.91. The lowest BCUT2D eigenvalue weighted by Crippen LogP contribution is -2.43. The van der Waals surface area contributed by atoms with Crippen LogP contribution in [0.3, 0.4) is 0 Å². The fraction of sp³-hybridized carbons (Fsp3) is 0.333. The summed E-state index contributed by atoms with van der Waals surface area (Å²) < 4.78 is 41.1. The van der Waals surface area contributed by atoms with E-state index in [0.717, 1.165) is 5.39 Å². The van der Waals surface area contributed by atoms with E-state index < -0.39 is 33.8 Å². The fourth-order valence-corrected chi connectivity index (χ4v) is 3.18. The fourth-order valence-electron chi connectivity index (χ4n) is 2.64. The zero-order valence-corrected chi connectivity index (χ0v) is 15.8. The van der Waals surface area contributed by atoms with Crippen LogP contribution in [0.25, 0.3) is 10.8 Å². The van der Waals surface area contributed by atoms with Gasteiger partial charge in [-0.3, -0.25) is 9.35 Å². The molecule has 0 bridgehead atoms. The topological polar surface area (TPSA) is 119 Å². The number of amides is 1. The number of fused-ring (bicyclic) bond motifs is 1. The largest absolute Gasteiger partial charge is 0.496 e. The summed E-state index contributed by atoms with van der Waals surface area (Å²) in [6, 6.07) is 9.35. The summed E-state index contributed by atoms with van der Waals surface area (Å²) in [5.74, 6) is -1.78. The van der Waals surface area contributed by atoms with E-state index in [9.17, 15) is 18.0 Å². The first-order valence-corrected chi connectivity index (χ1v) is 9.86. The van der Waals surface area contributed by atoms with Gasteiger partial charge in [-0.25, -0.2) is 4.79 Å². The van der Waals surface area contributed by atoms with Crippen LogP contribution < -0.4 is 10.1 Å². The molecule has 0 saturated carbocycles. The van der Waals surface area contributed by atoms with E-state index in [1.165, 1.54) is 7.11 Å². The lowest BCUT2D eigenvalue weighted by Gasteiger charge is -2.18. The first kappa shape index (κ1) is 20.7. The average molecular weight is 395 g/mol. The molecule has 27 heavy (non-hydrogen) atoms. The Morgan fingerprint density at radius 2 is 1.89 bits per heavy atom. The number of rotatable bonds is 8. The van der Waals surface area contributed by atoms with Gasteiger partial charge in [0.1, 0.15) is 11.8 Å². The second-order valence-corrected chi connectivity index (χ2v) is 7.29. The molecule has 0 radical (unpaired) electrons. The Morgan fingerprint density at radius 1 is 1.19 bits per heavy atom. The van der Waals surface area contributed by atoms with Crippen molar-refractivity contribution in [1.29, 1.82) is 0 Å². The van der Waals surface area contributed by atoms with Crippen LogP contribution in [-0.4, -0.2) is 50.4 Å². The Labute approximate surface area is 157 Å². The van der Waals surface area contributed by atoms with Gasteiger partial charge in [-0.2, -0.15) is 8.42 Å². The molecule has 2 aromatic carbocycles. The highest BCUT2D eigenvalue weighted by molar-refractivity contribution is 7.85. The molecule has 1 amide bonds. The molecule has 0 saturated heterocycles. The summed E-state index contributed by atoms with van der Waals surface area (Å²) in [6.45, 7) is 1.65. The van der Waals surface area contributed by atoms with Crippen molar-refractivity contribution >= 4 is 32.8 Å². The average Bonchev–Trinajstić information content (AvgIpc) is 2.63.